The van der Waals surface area contributed by atoms with Gasteiger partial charge in [-0.05, 0) is 36.2 Å². The van der Waals surface area contributed by atoms with E-state index in [0.29, 0.717) is 30.1 Å². The molecule has 0 aromatic heterocycles. The number of amides is 3. The summed E-state index contributed by atoms with van der Waals surface area (Å²) in [5, 5.41) is 2.96. The summed E-state index contributed by atoms with van der Waals surface area (Å²) in [6.07, 6.45) is 0. The van der Waals surface area contributed by atoms with Gasteiger partial charge >= 0.3 is 6.03 Å². The van der Waals surface area contributed by atoms with Crippen molar-refractivity contribution in [1.29, 1.82) is 0 Å². The van der Waals surface area contributed by atoms with Crippen molar-refractivity contribution in [3.63, 3.8) is 0 Å². The number of urea groups is 1. The van der Waals surface area contributed by atoms with Crippen LogP contribution in [0.4, 0.5) is 19.3 Å². The van der Waals surface area contributed by atoms with Crippen LogP contribution in [0.2, 0.25) is 0 Å². The van der Waals surface area contributed by atoms with E-state index in [1.165, 1.54) is 17.8 Å². The lowest BCUT2D eigenvalue weighted by molar-refractivity contribution is -0.123. The monoisotopic (exact) mass is 479 g/mol. The van der Waals surface area contributed by atoms with Crippen molar-refractivity contribution >= 4 is 29.4 Å². The predicted octanol–water partition coefficient (Wildman–Crippen LogP) is 4.93. The number of nitrogens with one attached hydrogen (secondary N) is 1. The number of halogens is 2. The first-order valence-corrected chi connectivity index (χ1v) is 12.0. The Morgan fingerprint density at radius 3 is 2.65 bits per heavy atom. The van der Waals surface area contributed by atoms with E-state index in [-0.39, 0.29) is 18.5 Å². The minimum Gasteiger partial charge on any atom is -0.334 e. The molecule has 1 spiro atoms. The van der Waals surface area contributed by atoms with Crippen molar-refractivity contribution in [3.8, 4) is 0 Å². The van der Waals surface area contributed by atoms with Crippen molar-refractivity contribution in [2.24, 2.45) is 0 Å². The third-order valence-electron chi connectivity index (χ3n) is 6.20. The molecule has 2 aliphatic rings. The first kappa shape index (κ1) is 22.4. The Bertz CT molecular complexity index is 1280. The highest BCUT2D eigenvalue weighted by molar-refractivity contribution is 8.01. The van der Waals surface area contributed by atoms with Gasteiger partial charge in [0.2, 0.25) is 0 Å². The van der Waals surface area contributed by atoms with Gasteiger partial charge in [0, 0.05) is 24.4 Å². The van der Waals surface area contributed by atoms with Crippen LogP contribution in [0.3, 0.4) is 0 Å². The summed E-state index contributed by atoms with van der Waals surface area (Å²) >= 11 is 1.42. The standard InChI is InChI=1S/C26H23F2N3O2S/c1-17-5-4-6-18(13-17)15-29-25(33)31-11-12-34-26(31)20-7-2-3-8-23(20)30(24(26)32)16-19-9-10-21(27)22(28)14-19/h2-10,13-14H,11-12,15-16H2,1H3,(H,29,33). The maximum absolute atomic E-state index is 13.9. The zero-order valence-electron chi connectivity index (χ0n) is 18.6. The van der Waals surface area contributed by atoms with Gasteiger partial charge in [-0.1, -0.05) is 54.1 Å². The second-order valence-corrected chi connectivity index (χ2v) is 9.74. The van der Waals surface area contributed by atoms with Gasteiger partial charge in [-0.3, -0.25) is 9.69 Å². The van der Waals surface area contributed by atoms with Crippen LogP contribution in [-0.2, 0) is 22.8 Å². The molecule has 0 bridgehead atoms. The molecule has 3 amide bonds. The Hall–Kier alpha value is -3.39. The van der Waals surface area contributed by atoms with Crippen molar-refractivity contribution in [2.75, 3.05) is 17.2 Å². The molecule has 1 atom stereocenters. The molecule has 1 fully saturated rings. The highest BCUT2D eigenvalue weighted by Gasteiger charge is 2.59. The number of benzene rings is 3. The van der Waals surface area contributed by atoms with Crippen molar-refractivity contribution in [1.82, 2.24) is 10.2 Å². The van der Waals surface area contributed by atoms with Crippen LogP contribution in [0.5, 0.6) is 0 Å². The Balaban J connectivity index is 1.44. The van der Waals surface area contributed by atoms with Gasteiger partial charge in [0.05, 0.1) is 12.2 Å². The molecule has 3 aromatic carbocycles. The number of para-hydroxylation sites is 1. The lowest BCUT2D eigenvalue weighted by Crippen LogP contribution is -2.53. The largest absolute Gasteiger partial charge is 0.334 e. The normalized spacial score (nSPS) is 19.1. The Labute approximate surface area is 200 Å². The lowest BCUT2D eigenvalue weighted by Gasteiger charge is -2.33. The Kier molecular flexibility index (Phi) is 5.77. The molecule has 3 aromatic rings. The summed E-state index contributed by atoms with van der Waals surface area (Å²) in [4.78, 5) is 29.2. The number of hydrogen-bond acceptors (Lipinski definition) is 3. The average molecular weight is 480 g/mol. The molecule has 2 aliphatic heterocycles. The predicted molar refractivity (Wildman–Crippen MR) is 128 cm³/mol. The van der Waals surface area contributed by atoms with Crippen LogP contribution in [0.1, 0.15) is 22.3 Å². The SMILES string of the molecule is Cc1cccc(CNC(=O)N2CCSC23C(=O)N(Cc2ccc(F)c(F)c2)c2ccccc23)c1. The van der Waals surface area contributed by atoms with Gasteiger partial charge in [0.25, 0.3) is 5.91 Å². The molecule has 174 valence electrons. The zero-order valence-corrected chi connectivity index (χ0v) is 19.4. The number of nitrogens with zero attached hydrogens (tertiary/aromatic N) is 2. The summed E-state index contributed by atoms with van der Waals surface area (Å²) in [5.74, 6) is -1.54. The summed E-state index contributed by atoms with van der Waals surface area (Å²) in [6, 6.07) is 18.5. The number of carbonyl (C=O) groups excluding carboxylic acids is 2. The van der Waals surface area contributed by atoms with Gasteiger partial charge < -0.3 is 10.2 Å². The molecule has 1 N–H and O–H groups in total. The molecule has 0 radical (unpaired) electrons. The molecule has 34 heavy (non-hydrogen) atoms. The maximum atomic E-state index is 13.9. The summed E-state index contributed by atoms with van der Waals surface area (Å²) < 4.78 is 27.2. The maximum Gasteiger partial charge on any atom is 0.319 e. The van der Waals surface area contributed by atoms with Crippen molar-refractivity contribution in [3.05, 3.63) is 101 Å². The summed E-state index contributed by atoms with van der Waals surface area (Å²) in [5.41, 5.74) is 3.96. The molecule has 1 saturated heterocycles. The average Bonchev–Trinajstić information content (AvgIpc) is 3.37. The van der Waals surface area contributed by atoms with Gasteiger partial charge in [0.15, 0.2) is 16.5 Å². The smallest absolute Gasteiger partial charge is 0.319 e. The number of thioether (sulfide) groups is 1. The van der Waals surface area contributed by atoms with Crippen LogP contribution in [0.15, 0.2) is 66.7 Å². The minimum absolute atomic E-state index is 0.0775. The molecular weight excluding hydrogens is 456 g/mol. The van der Waals surface area contributed by atoms with E-state index in [9.17, 15) is 18.4 Å². The quantitative estimate of drug-likeness (QED) is 0.577. The van der Waals surface area contributed by atoms with Gasteiger partial charge in [-0.15, -0.1) is 11.8 Å². The van der Waals surface area contributed by atoms with Crippen molar-refractivity contribution < 1.29 is 18.4 Å². The van der Waals surface area contributed by atoms with E-state index in [1.54, 1.807) is 9.80 Å². The van der Waals surface area contributed by atoms with E-state index in [0.717, 1.165) is 28.8 Å². The highest BCUT2D eigenvalue weighted by Crippen LogP contribution is 2.54. The summed E-state index contributed by atoms with van der Waals surface area (Å²) in [7, 11) is 0. The molecule has 5 rings (SSSR count). The third-order valence-corrected chi connectivity index (χ3v) is 7.62. The molecule has 0 aliphatic carbocycles. The van der Waals surface area contributed by atoms with Crippen molar-refractivity contribution in [2.45, 2.75) is 24.9 Å². The Morgan fingerprint density at radius 1 is 1.03 bits per heavy atom. The van der Waals surface area contributed by atoms with E-state index >= 15 is 0 Å². The molecule has 8 heteroatoms. The number of fused-ring (bicyclic) bond motifs is 2. The van der Waals surface area contributed by atoms with E-state index in [1.807, 2.05) is 55.5 Å². The number of anilines is 1. The molecular formula is C26H23F2N3O2S. The fourth-order valence-corrected chi connectivity index (χ4v) is 6.10. The fraction of sp³-hybridized carbons (Fsp3) is 0.231. The van der Waals surface area contributed by atoms with Gasteiger partial charge in [-0.2, -0.15) is 0 Å². The van der Waals surface area contributed by atoms with Crippen LogP contribution in [0, 0.1) is 18.6 Å². The third kappa shape index (κ3) is 3.72. The number of carbonyl (C=O) groups is 2. The molecule has 5 nitrogen and oxygen atoms in total. The van der Waals surface area contributed by atoms with E-state index in [4.69, 9.17) is 0 Å². The van der Waals surface area contributed by atoms with Crippen LogP contribution >= 0.6 is 11.8 Å². The molecule has 0 saturated carbocycles. The zero-order chi connectivity index (χ0) is 23.9. The number of aryl methyl sites for hydroxylation is 1. The van der Waals surface area contributed by atoms with Crippen LogP contribution in [0.25, 0.3) is 0 Å². The van der Waals surface area contributed by atoms with Crippen LogP contribution in [-0.4, -0.2) is 29.1 Å². The lowest BCUT2D eigenvalue weighted by atomic mass is 10.1. The highest BCUT2D eigenvalue weighted by atomic mass is 32.2. The van der Waals surface area contributed by atoms with E-state index < -0.39 is 16.5 Å². The number of rotatable bonds is 4. The minimum atomic E-state index is -1.19. The number of hydrogen-bond donors (Lipinski definition) is 1. The fourth-order valence-electron chi connectivity index (χ4n) is 4.64. The van der Waals surface area contributed by atoms with Crippen LogP contribution < -0.4 is 10.2 Å². The first-order valence-electron chi connectivity index (χ1n) is 11.0. The molecule has 2 heterocycles. The molecule has 1 unspecified atom stereocenters. The first-order chi connectivity index (χ1) is 16.4. The Morgan fingerprint density at radius 2 is 1.85 bits per heavy atom. The second kappa shape index (κ2) is 8.76. The van der Waals surface area contributed by atoms with E-state index in [2.05, 4.69) is 5.32 Å². The van der Waals surface area contributed by atoms with Gasteiger partial charge in [-0.25, -0.2) is 13.6 Å². The topological polar surface area (TPSA) is 52.7 Å². The summed E-state index contributed by atoms with van der Waals surface area (Å²) in [6.45, 7) is 2.84. The second-order valence-electron chi connectivity index (χ2n) is 8.45. The van der Waals surface area contributed by atoms with Gasteiger partial charge in [0.1, 0.15) is 0 Å².